The second-order valence-electron chi connectivity index (χ2n) is 11.1. The van der Waals surface area contributed by atoms with Gasteiger partial charge >= 0.3 is 0 Å². The van der Waals surface area contributed by atoms with E-state index in [0.29, 0.717) is 22.8 Å². The maximum Gasteiger partial charge on any atom is 0.251 e. The summed E-state index contributed by atoms with van der Waals surface area (Å²) < 4.78 is 2.03. The molecule has 7 heteroatoms. The van der Waals surface area contributed by atoms with Crippen LogP contribution in [0, 0.1) is 29.6 Å². The lowest BCUT2D eigenvalue weighted by Gasteiger charge is -2.37. The van der Waals surface area contributed by atoms with Crippen LogP contribution in [-0.2, 0) is 16.6 Å². The standard InChI is InChI=1S/C30H39N5O2/c1-9-10-22(16-31)15-19(2)28(36)33-25-17-32-27-26(20(25)3)24(18-34(27)8)23-11-13-35(14-12-23)29(37)21(4)30(5,6)7/h9-10,15,17-18,21,23H,1,11-14H2,2-8H3,(H,33,36)/b19-15+,22-10+/t21-/m0/s1. The normalized spacial score (nSPS) is 16.4. The molecule has 1 fully saturated rings. The van der Waals surface area contributed by atoms with E-state index in [2.05, 4.69) is 49.9 Å². The number of allylic oxidation sites excluding steroid dienone is 4. The van der Waals surface area contributed by atoms with E-state index in [1.807, 2.05) is 30.4 Å². The number of anilines is 1. The first-order chi connectivity index (χ1) is 17.4. The molecule has 1 aliphatic heterocycles. The Hall–Kier alpha value is -3.66. The Kier molecular flexibility index (Phi) is 8.42. The Morgan fingerprint density at radius 3 is 2.51 bits per heavy atom. The van der Waals surface area contributed by atoms with Crippen molar-refractivity contribution in [2.24, 2.45) is 18.4 Å². The number of aryl methyl sites for hydroxylation is 2. The maximum atomic E-state index is 13.0. The number of amides is 2. The number of rotatable bonds is 6. The predicted molar refractivity (Wildman–Crippen MR) is 149 cm³/mol. The van der Waals surface area contributed by atoms with Crippen LogP contribution in [0.5, 0.6) is 0 Å². The highest BCUT2D eigenvalue weighted by atomic mass is 16.2. The third kappa shape index (κ3) is 6.02. The van der Waals surface area contributed by atoms with Gasteiger partial charge in [0.1, 0.15) is 5.65 Å². The lowest BCUT2D eigenvalue weighted by molar-refractivity contribution is -0.139. The molecule has 196 valence electrons. The van der Waals surface area contributed by atoms with E-state index in [1.54, 1.807) is 25.3 Å². The molecule has 2 aromatic heterocycles. The van der Waals surface area contributed by atoms with Gasteiger partial charge in [0.15, 0.2) is 0 Å². The highest BCUT2D eigenvalue weighted by Crippen LogP contribution is 2.38. The number of hydrogen-bond acceptors (Lipinski definition) is 4. The molecule has 3 heterocycles. The highest BCUT2D eigenvalue weighted by Gasteiger charge is 2.33. The summed E-state index contributed by atoms with van der Waals surface area (Å²) in [5.74, 6) is 0.241. The monoisotopic (exact) mass is 501 g/mol. The molecule has 0 aliphatic carbocycles. The first kappa shape index (κ1) is 27.9. The van der Waals surface area contributed by atoms with Crippen LogP contribution in [0.1, 0.15) is 64.5 Å². The number of pyridine rings is 1. The van der Waals surface area contributed by atoms with E-state index in [9.17, 15) is 14.9 Å². The predicted octanol–water partition coefficient (Wildman–Crippen LogP) is 5.79. The molecular formula is C30H39N5O2. The fraction of sp³-hybridized carbons (Fsp3) is 0.467. The van der Waals surface area contributed by atoms with Gasteiger partial charge in [-0.05, 0) is 61.3 Å². The zero-order valence-corrected chi connectivity index (χ0v) is 23.2. The molecule has 1 aliphatic rings. The van der Waals surface area contributed by atoms with Crippen LogP contribution in [-0.4, -0.2) is 39.4 Å². The van der Waals surface area contributed by atoms with Crippen LogP contribution in [0.15, 0.2) is 48.3 Å². The number of nitriles is 1. The molecule has 0 bridgehead atoms. The second kappa shape index (κ2) is 11.2. The molecule has 0 unspecified atom stereocenters. The lowest BCUT2D eigenvalue weighted by atomic mass is 9.80. The van der Waals surface area contributed by atoms with Crippen LogP contribution >= 0.6 is 0 Å². The molecule has 1 N–H and O–H groups in total. The molecule has 0 radical (unpaired) electrons. The Bertz CT molecular complexity index is 1310. The van der Waals surface area contributed by atoms with Crippen molar-refractivity contribution in [3.63, 3.8) is 0 Å². The summed E-state index contributed by atoms with van der Waals surface area (Å²) in [5.41, 5.74) is 4.42. The van der Waals surface area contributed by atoms with Crippen molar-refractivity contribution in [3.05, 3.63) is 59.5 Å². The van der Waals surface area contributed by atoms with E-state index in [4.69, 9.17) is 0 Å². The summed E-state index contributed by atoms with van der Waals surface area (Å²) in [6, 6.07) is 2.05. The van der Waals surface area contributed by atoms with Gasteiger partial charge in [0.25, 0.3) is 5.91 Å². The first-order valence-corrected chi connectivity index (χ1v) is 12.8. The molecule has 2 aromatic rings. The number of nitrogens with zero attached hydrogens (tertiary/aromatic N) is 4. The zero-order valence-electron chi connectivity index (χ0n) is 23.2. The van der Waals surface area contributed by atoms with E-state index in [0.717, 1.165) is 42.5 Å². The fourth-order valence-corrected chi connectivity index (χ4v) is 4.79. The molecule has 7 nitrogen and oxygen atoms in total. The molecule has 1 saturated heterocycles. The van der Waals surface area contributed by atoms with E-state index in [1.165, 1.54) is 11.6 Å². The topological polar surface area (TPSA) is 91.0 Å². The molecule has 0 spiro atoms. The van der Waals surface area contributed by atoms with Crippen molar-refractivity contribution in [3.8, 4) is 6.07 Å². The molecule has 37 heavy (non-hydrogen) atoms. The van der Waals surface area contributed by atoms with Crippen LogP contribution in [0.2, 0.25) is 0 Å². The Morgan fingerprint density at radius 2 is 1.95 bits per heavy atom. The van der Waals surface area contributed by atoms with Crippen LogP contribution in [0.3, 0.4) is 0 Å². The number of nitrogens with one attached hydrogen (secondary N) is 1. The Balaban J connectivity index is 1.84. The number of likely N-dealkylation sites (tertiary alicyclic amines) is 1. The average molecular weight is 502 g/mol. The minimum Gasteiger partial charge on any atom is -0.342 e. The van der Waals surface area contributed by atoms with Crippen molar-refractivity contribution in [2.45, 2.75) is 60.3 Å². The number of fused-ring (bicyclic) bond motifs is 1. The van der Waals surface area contributed by atoms with Gasteiger partial charge in [0, 0.05) is 43.2 Å². The summed E-state index contributed by atoms with van der Waals surface area (Å²) in [4.78, 5) is 32.6. The second-order valence-corrected chi connectivity index (χ2v) is 11.1. The lowest BCUT2D eigenvalue weighted by Crippen LogP contribution is -2.43. The van der Waals surface area contributed by atoms with Crippen molar-refractivity contribution < 1.29 is 9.59 Å². The molecule has 1 atom stereocenters. The van der Waals surface area contributed by atoms with Crippen LogP contribution in [0.4, 0.5) is 5.69 Å². The minimum absolute atomic E-state index is 0.0202. The summed E-state index contributed by atoms with van der Waals surface area (Å²) in [5, 5.41) is 13.3. The van der Waals surface area contributed by atoms with Crippen LogP contribution in [0.25, 0.3) is 11.0 Å². The van der Waals surface area contributed by atoms with Gasteiger partial charge in [-0.15, -0.1) is 0 Å². The number of carbonyl (C=O) groups is 2. The van der Waals surface area contributed by atoms with Gasteiger partial charge in [-0.2, -0.15) is 5.26 Å². The Morgan fingerprint density at radius 1 is 1.30 bits per heavy atom. The summed E-state index contributed by atoms with van der Waals surface area (Å²) >= 11 is 0. The summed E-state index contributed by atoms with van der Waals surface area (Å²) in [7, 11) is 1.99. The smallest absolute Gasteiger partial charge is 0.251 e. The Labute approximate surface area is 220 Å². The molecule has 0 aromatic carbocycles. The fourth-order valence-electron chi connectivity index (χ4n) is 4.79. The van der Waals surface area contributed by atoms with Crippen molar-refractivity contribution in [2.75, 3.05) is 18.4 Å². The molecular weight excluding hydrogens is 462 g/mol. The first-order valence-electron chi connectivity index (χ1n) is 12.8. The van der Waals surface area contributed by atoms with E-state index in [-0.39, 0.29) is 23.1 Å². The third-order valence-electron chi connectivity index (χ3n) is 7.59. The van der Waals surface area contributed by atoms with Gasteiger partial charge in [-0.1, -0.05) is 40.3 Å². The third-order valence-corrected chi connectivity index (χ3v) is 7.59. The van der Waals surface area contributed by atoms with E-state index < -0.39 is 0 Å². The SMILES string of the molecule is C=C/C=C(C#N)\C=C(/C)C(=O)Nc1cnc2c(c(C3CCN(C(=O)[C@H](C)C(C)(C)C)CC3)cn2C)c1C. The van der Waals surface area contributed by atoms with Gasteiger partial charge in [0.05, 0.1) is 23.5 Å². The summed E-state index contributed by atoms with van der Waals surface area (Å²) in [6.45, 7) is 17.1. The van der Waals surface area contributed by atoms with Crippen molar-refractivity contribution >= 4 is 28.5 Å². The molecule has 0 saturated carbocycles. The zero-order chi connectivity index (χ0) is 27.5. The van der Waals surface area contributed by atoms with Gasteiger partial charge in [0.2, 0.25) is 5.91 Å². The number of hydrogen-bond donors (Lipinski definition) is 1. The molecule has 2 amide bonds. The number of carbonyl (C=O) groups excluding carboxylic acids is 2. The summed E-state index contributed by atoms with van der Waals surface area (Å²) in [6.07, 6.45) is 10.2. The van der Waals surface area contributed by atoms with Gasteiger partial charge < -0.3 is 14.8 Å². The number of piperidine rings is 1. The van der Waals surface area contributed by atoms with E-state index >= 15 is 0 Å². The highest BCUT2D eigenvalue weighted by molar-refractivity contribution is 6.05. The van der Waals surface area contributed by atoms with Gasteiger partial charge in [-0.25, -0.2) is 4.98 Å². The van der Waals surface area contributed by atoms with Gasteiger partial charge in [-0.3, -0.25) is 9.59 Å². The molecule has 3 rings (SSSR count). The average Bonchev–Trinajstić information content (AvgIpc) is 3.20. The largest absolute Gasteiger partial charge is 0.342 e. The minimum atomic E-state index is -0.285. The maximum absolute atomic E-state index is 13.0. The number of aromatic nitrogens is 2. The quantitative estimate of drug-likeness (QED) is 0.308. The van der Waals surface area contributed by atoms with Crippen molar-refractivity contribution in [1.82, 2.24) is 14.5 Å². The van der Waals surface area contributed by atoms with Crippen molar-refractivity contribution in [1.29, 1.82) is 5.26 Å². The van der Waals surface area contributed by atoms with Crippen LogP contribution < -0.4 is 5.32 Å².